The van der Waals surface area contributed by atoms with Crippen LogP contribution in [-0.4, -0.2) is 5.11 Å². The highest BCUT2D eigenvalue weighted by Crippen LogP contribution is 2.34. The Morgan fingerprint density at radius 1 is 1.29 bits per heavy atom. The summed E-state index contributed by atoms with van der Waals surface area (Å²) in [6.07, 6.45) is 6.13. The molecule has 1 heteroatoms. The van der Waals surface area contributed by atoms with Crippen LogP contribution in [0, 0.1) is 5.92 Å². The Hall–Kier alpha value is -1.08. The van der Waals surface area contributed by atoms with Crippen molar-refractivity contribution in [2.75, 3.05) is 0 Å². The van der Waals surface area contributed by atoms with Gasteiger partial charge in [0.05, 0.1) is 6.10 Å². The van der Waals surface area contributed by atoms with Crippen LogP contribution in [0.3, 0.4) is 0 Å². The first kappa shape index (κ1) is 9.47. The maximum atomic E-state index is 10.1. The van der Waals surface area contributed by atoms with Crippen LogP contribution in [0.25, 0.3) is 6.08 Å². The number of aliphatic hydroxyl groups excluding tert-OH is 1. The molecule has 0 amide bonds. The van der Waals surface area contributed by atoms with Gasteiger partial charge in [-0.05, 0) is 17.5 Å². The molecule has 0 radical (unpaired) electrons. The van der Waals surface area contributed by atoms with E-state index in [1.165, 1.54) is 0 Å². The van der Waals surface area contributed by atoms with Crippen molar-refractivity contribution in [1.29, 1.82) is 0 Å². The third-order valence-corrected chi connectivity index (χ3v) is 2.87. The molecule has 14 heavy (non-hydrogen) atoms. The van der Waals surface area contributed by atoms with E-state index in [1.807, 2.05) is 18.2 Å². The highest BCUT2D eigenvalue weighted by molar-refractivity contribution is 5.57. The topological polar surface area (TPSA) is 20.2 Å². The molecule has 1 N–H and O–H groups in total. The summed E-state index contributed by atoms with van der Waals surface area (Å²) in [6, 6.07) is 8.07. The molecule has 74 valence electrons. The van der Waals surface area contributed by atoms with Crippen molar-refractivity contribution in [3.8, 4) is 0 Å². The van der Waals surface area contributed by atoms with Crippen molar-refractivity contribution >= 4 is 6.08 Å². The van der Waals surface area contributed by atoms with E-state index in [1.54, 1.807) is 0 Å². The zero-order chi connectivity index (χ0) is 9.97. The number of rotatable bonds is 2. The smallest absolute Gasteiger partial charge is 0.0858 e. The van der Waals surface area contributed by atoms with Gasteiger partial charge in [0.2, 0.25) is 0 Å². The molecule has 0 spiro atoms. The van der Waals surface area contributed by atoms with Gasteiger partial charge < -0.3 is 5.11 Å². The Balaban J connectivity index is 2.30. The van der Waals surface area contributed by atoms with Gasteiger partial charge in [-0.3, -0.25) is 0 Å². The third-order valence-electron chi connectivity index (χ3n) is 2.87. The molecule has 0 unspecified atom stereocenters. The maximum Gasteiger partial charge on any atom is 0.0858 e. The van der Waals surface area contributed by atoms with Gasteiger partial charge in [-0.2, -0.15) is 0 Å². The molecular formula is C13H16O. The Bertz CT molecular complexity index is 341. The number of fused-ring (bicyclic) bond motifs is 1. The van der Waals surface area contributed by atoms with E-state index in [-0.39, 0.29) is 6.10 Å². The van der Waals surface area contributed by atoms with Crippen molar-refractivity contribution in [1.82, 2.24) is 0 Å². The van der Waals surface area contributed by atoms with Crippen LogP contribution in [0.1, 0.15) is 37.0 Å². The van der Waals surface area contributed by atoms with E-state index < -0.39 is 0 Å². The standard InChI is InChI=1S/C13H16O/c1-2-5-11-9-8-10-6-3-4-7-12(10)13(11)14/h3-4,6-9,11,13-14H,2,5H2,1H3/t11-,13+/m1/s1. The quantitative estimate of drug-likeness (QED) is 0.755. The molecule has 1 aromatic carbocycles. The predicted molar refractivity (Wildman–Crippen MR) is 58.8 cm³/mol. The summed E-state index contributed by atoms with van der Waals surface area (Å²) < 4.78 is 0. The number of hydrogen-bond donors (Lipinski definition) is 1. The van der Waals surface area contributed by atoms with Crippen molar-refractivity contribution < 1.29 is 5.11 Å². The normalized spacial score (nSPS) is 24.7. The maximum absolute atomic E-state index is 10.1. The Morgan fingerprint density at radius 2 is 2.07 bits per heavy atom. The number of benzene rings is 1. The van der Waals surface area contributed by atoms with Gasteiger partial charge in [-0.25, -0.2) is 0 Å². The molecule has 1 aliphatic rings. The summed E-state index contributed by atoms with van der Waals surface area (Å²) in [4.78, 5) is 0. The second kappa shape index (κ2) is 3.97. The van der Waals surface area contributed by atoms with Crippen molar-refractivity contribution in [2.45, 2.75) is 25.9 Å². The molecule has 2 atom stereocenters. The Kier molecular flexibility index (Phi) is 2.69. The average Bonchev–Trinajstić information content (AvgIpc) is 2.23. The van der Waals surface area contributed by atoms with Gasteiger partial charge in [0.25, 0.3) is 0 Å². The zero-order valence-electron chi connectivity index (χ0n) is 8.48. The fraction of sp³-hybridized carbons (Fsp3) is 0.385. The van der Waals surface area contributed by atoms with Gasteiger partial charge in [-0.1, -0.05) is 49.8 Å². The van der Waals surface area contributed by atoms with Gasteiger partial charge in [0.15, 0.2) is 0 Å². The van der Waals surface area contributed by atoms with Crippen LogP contribution in [0.15, 0.2) is 30.3 Å². The molecule has 0 saturated carbocycles. The molecule has 1 nitrogen and oxygen atoms in total. The number of aliphatic hydroxyl groups is 1. The average molecular weight is 188 g/mol. The van der Waals surface area contributed by atoms with Gasteiger partial charge in [0.1, 0.15) is 0 Å². The van der Waals surface area contributed by atoms with Crippen LogP contribution >= 0.6 is 0 Å². The fourth-order valence-electron chi connectivity index (χ4n) is 2.08. The minimum absolute atomic E-state index is 0.301. The van der Waals surface area contributed by atoms with Gasteiger partial charge in [0, 0.05) is 5.92 Å². The summed E-state index contributed by atoms with van der Waals surface area (Å²) in [5.41, 5.74) is 2.24. The van der Waals surface area contributed by atoms with Crippen LogP contribution in [0.2, 0.25) is 0 Å². The second-order valence-electron chi connectivity index (χ2n) is 3.89. The van der Waals surface area contributed by atoms with Crippen LogP contribution in [-0.2, 0) is 0 Å². The third kappa shape index (κ3) is 1.60. The lowest BCUT2D eigenvalue weighted by Crippen LogP contribution is -2.14. The highest BCUT2D eigenvalue weighted by Gasteiger charge is 2.22. The lowest BCUT2D eigenvalue weighted by Gasteiger charge is -2.25. The lowest BCUT2D eigenvalue weighted by molar-refractivity contribution is 0.125. The molecule has 0 aromatic heterocycles. The fourth-order valence-corrected chi connectivity index (χ4v) is 2.08. The highest BCUT2D eigenvalue weighted by atomic mass is 16.3. The molecule has 2 rings (SSSR count). The van der Waals surface area contributed by atoms with E-state index in [0.717, 1.165) is 24.0 Å². The largest absolute Gasteiger partial charge is 0.388 e. The summed E-state index contributed by atoms with van der Waals surface area (Å²) in [6.45, 7) is 2.15. The van der Waals surface area contributed by atoms with E-state index in [4.69, 9.17) is 0 Å². The second-order valence-corrected chi connectivity index (χ2v) is 3.89. The first-order valence-corrected chi connectivity index (χ1v) is 5.28. The van der Waals surface area contributed by atoms with Gasteiger partial charge >= 0.3 is 0 Å². The number of hydrogen-bond acceptors (Lipinski definition) is 1. The molecular weight excluding hydrogens is 172 g/mol. The van der Waals surface area contributed by atoms with E-state index in [0.29, 0.717) is 5.92 Å². The molecule has 1 aliphatic carbocycles. The molecule has 1 aromatic rings. The van der Waals surface area contributed by atoms with Crippen LogP contribution in [0.5, 0.6) is 0 Å². The minimum atomic E-state index is -0.309. The molecule has 0 aliphatic heterocycles. The van der Waals surface area contributed by atoms with Crippen molar-refractivity contribution in [3.63, 3.8) is 0 Å². The zero-order valence-corrected chi connectivity index (χ0v) is 8.48. The van der Waals surface area contributed by atoms with E-state index in [2.05, 4.69) is 25.1 Å². The van der Waals surface area contributed by atoms with Crippen LogP contribution in [0.4, 0.5) is 0 Å². The Labute approximate surface area is 85.1 Å². The minimum Gasteiger partial charge on any atom is -0.388 e. The Morgan fingerprint density at radius 3 is 2.86 bits per heavy atom. The summed E-state index contributed by atoms with van der Waals surface area (Å²) in [5.74, 6) is 0.301. The molecule has 0 fully saturated rings. The molecule has 0 saturated heterocycles. The summed E-state index contributed by atoms with van der Waals surface area (Å²) >= 11 is 0. The lowest BCUT2D eigenvalue weighted by atomic mass is 9.84. The SMILES string of the molecule is CCC[C@@H]1C=Cc2ccccc2[C@H]1O. The molecule has 0 bridgehead atoms. The van der Waals surface area contributed by atoms with Gasteiger partial charge in [-0.15, -0.1) is 0 Å². The molecule has 0 heterocycles. The van der Waals surface area contributed by atoms with E-state index >= 15 is 0 Å². The monoisotopic (exact) mass is 188 g/mol. The van der Waals surface area contributed by atoms with Crippen molar-refractivity contribution in [3.05, 3.63) is 41.5 Å². The summed E-state index contributed by atoms with van der Waals surface area (Å²) in [5, 5.41) is 10.1. The van der Waals surface area contributed by atoms with Crippen molar-refractivity contribution in [2.24, 2.45) is 5.92 Å². The first-order valence-electron chi connectivity index (χ1n) is 5.28. The first-order chi connectivity index (χ1) is 6.83. The summed E-state index contributed by atoms with van der Waals surface area (Å²) in [7, 11) is 0. The predicted octanol–water partition coefficient (Wildman–Crippen LogP) is 3.16. The van der Waals surface area contributed by atoms with E-state index in [9.17, 15) is 5.11 Å². The van der Waals surface area contributed by atoms with Crippen LogP contribution < -0.4 is 0 Å².